The van der Waals surface area contributed by atoms with Crippen molar-refractivity contribution < 1.29 is 13.5 Å². The monoisotopic (exact) mass is 453 g/mol. The Kier molecular flexibility index (Phi) is 5.63. The summed E-state index contributed by atoms with van der Waals surface area (Å²) in [6.45, 7) is 6.22. The first kappa shape index (κ1) is 21.3. The van der Waals surface area contributed by atoms with Crippen molar-refractivity contribution in [3.63, 3.8) is 0 Å². The van der Waals surface area contributed by atoms with E-state index in [1.165, 1.54) is 29.5 Å². The molecule has 0 bridgehead atoms. The van der Waals surface area contributed by atoms with E-state index in [-0.39, 0.29) is 10.8 Å². The second-order valence-corrected chi connectivity index (χ2v) is 10.0. The zero-order valence-corrected chi connectivity index (χ0v) is 19.0. The molecule has 1 aliphatic heterocycles. The summed E-state index contributed by atoms with van der Waals surface area (Å²) < 4.78 is 33.4. The molecule has 32 heavy (non-hydrogen) atoms. The van der Waals surface area contributed by atoms with Gasteiger partial charge in [0.1, 0.15) is 17.5 Å². The summed E-state index contributed by atoms with van der Waals surface area (Å²) in [5, 5.41) is 0. The van der Waals surface area contributed by atoms with E-state index < -0.39 is 11.6 Å². The Hall–Kier alpha value is -2.51. The highest BCUT2D eigenvalue weighted by Gasteiger charge is 2.48. The van der Waals surface area contributed by atoms with E-state index in [4.69, 9.17) is 14.7 Å². The Morgan fingerprint density at radius 2 is 1.84 bits per heavy atom. The van der Waals surface area contributed by atoms with Gasteiger partial charge in [-0.05, 0) is 44.9 Å². The zero-order chi connectivity index (χ0) is 22.3. The molecular weight excluding hydrogens is 428 g/mol. The van der Waals surface area contributed by atoms with Crippen molar-refractivity contribution in [2.75, 3.05) is 24.7 Å². The highest BCUT2D eigenvalue weighted by atomic mass is 32.2. The highest BCUT2D eigenvalue weighted by molar-refractivity contribution is 8.00. The molecule has 0 amide bonds. The van der Waals surface area contributed by atoms with Crippen LogP contribution in [0.3, 0.4) is 0 Å². The molecule has 1 aliphatic carbocycles. The second kappa shape index (κ2) is 8.45. The summed E-state index contributed by atoms with van der Waals surface area (Å²) in [6.07, 6.45) is 1.71. The number of anilines is 1. The SMILES string of the molecule is Cc1ccc(-c2nc(N3CCOCC3C)cc(C3(Sc4cc(F)ccc4F)CC3)n2)cc1. The van der Waals surface area contributed by atoms with Crippen LogP contribution in [0.2, 0.25) is 0 Å². The van der Waals surface area contributed by atoms with Crippen molar-refractivity contribution in [1.82, 2.24) is 9.97 Å². The predicted octanol–water partition coefficient (Wildman–Crippen LogP) is 5.74. The van der Waals surface area contributed by atoms with Gasteiger partial charge in [-0.25, -0.2) is 18.7 Å². The fourth-order valence-corrected chi connectivity index (χ4v) is 5.28. The fourth-order valence-electron chi connectivity index (χ4n) is 4.00. The van der Waals surface area contributed by atoms with Gasteiger partial charge in [-0.15, -0.1) is 11.8 Å². The average molecular weight is 454 g/mol. The first-order valence-electron chi connectivity index (χ1n) is 10.9. The van der Waals surface area contributed by atoms with Crippen LogP contribution in [0.1, 0.15) is 31.0 Å². The molecule has 0 N–H and O–H groups in total. The Bertz CT molecular complexity index is 1130. The minimum Gasteiger partial charge on any atom is -0.377 e. The molecule has 5 rings (SSSR count). The van der Waals surface area contributed by atoms with E-state index in [9.17, 15) is 8.78 Å². The van der Waals surface area contributed by atoms with Crippen LogP contribution < -0.4 is 4.90 Å². The smallest absolute Gasteiger partial charge is 0.161 e. The van der Waals surface area contributed by atoms with Crippen LogP contribution in [0.4, 0.5) is 14.6 Å². The summed E-state index contributed by atoms with van der Waals surface area (Å²) in [7, 11) is 0. The lowest BCUT2D eigenvalue weighted by Crippen LogP contribution is -2.44. The van der Waals surface area contributed by atoms with Crippen LogP contribution in [0, 0.1) is 18.6 Å². The molecule has 0 spiro atoms. The molecule has 1 atom stereocenters. The van der Waals surface area contributed by atoms with Crippen molar-refractivity contribution in [3.8, 4) is 11.4 Å². The molecule has 7 heteroatoms. The van der Waals surface area contributed by atoms with Crippen LogP contribution in [0.25, 0.3) is 11.4 Å². The van der Waals surface area contributed by atoms with Gasteiger partial charge in [0.05, 0.1) is 29.7 Å². The van der Waals surface area contributed by atoms with Gasteiger partial charge < -0.3 is 9.64 Å². The van der Waals surface area contributed by atoms with Crippen molar-refractivity contribution in [2.24, 2.45) is 0 Å². The van der Waals surface area contributed by atoms with E-state index in [0.29, 0.717) is 23.9 Å². The number of aryl methyl sites for hydroxylation is 1. The lowest BCUT2D eigenvalue weighted by atomic mass is 10.1. The Morgan fingerprint density at radius 1 is 1.06 bits per heavy atom. The molecular formula is C25H25F2N3OS. The fraction of sp³-hybridized carbons (Fsp3) is 0.360. The molecule has 4 nitrogen and oxygen atoms in total. The summed E-state index contributed by atoms with van der Waals surface area (Å²) in [6, 6.07) is 14.0. The largest absolute Gasteiger partial charge is 0.377 e. The van der Waals surface area contributed by atoms with Gasteiger partial charge in [0.15, 0.2) is 5.82 Å². The van der Waals surface area contributed by atoms with E-state index >= 15 is 0 Å². The molecule has 166 valence electrons. The van der Waals surface area contributed by atoms with Gasteiger partial charge in [-0.1, -0.05) is 29.8 Å². The summed E-state index contributed by atoms with van der Waals surface area (Å²) in [4.78, 5) is 12.4. The Balaban J connectivity index is 1.57. The van der Waals surface area contributed by atoms with E-state index in [2.05, 4.69) is 11.8 Å². The third-order valence-electron chi connectivity index (χ3n) is 6.05. The Labute approximate surface area is 191 Å². The van der Waals surface area contributed by atoms with Crippen LogP contribution in [-0.4, -0.2) is 35.8 Å². The first-order chi connectivity index (χ1) is 15.4. The molecule has 2 fully saturated rings. The number of aromatic nitrogens is 2. The maximum Gasteiger partial charge on any atom is 0.161 e. The van der Waals surface area contributed by atoms with Gasteiger partial charge in [0.2, 0.25) is 0 Å². The highest BCUT2D eigenvalue weighted by Crippen LogP contribution is 2.59. The molecule has 2 aliphatic rings. The number of hydrogen-bond acceptors (Lipinski definition) is 5. The van der Waals surface area contributed by atoms with E-state index in [1.807, 2.05) is 37.3 Å². The van der Waals surface area contributed by atoms with Gasteiger partial charge in [0, 0.05) is 23.1 Å². The number of halogens is 2. The van der Waals surface area contributed by atoms with Crippen LogP contribution in [-0.2, 0) is 9.48 Å². The topological polar surface area (TPSA) is 38.2 Å². The number of nitrogens with zero attached hydrogens (tertiary/aromatic N) is 3. The van der Waals surface area contributed by atoms with Crippen LogP contribution in [0.5, 0.6) is 0 Å². The normalized spacial score (nSPS) is 19.8. The lowest BCUT2D eigenvalue weighted by molar-refractivity contribution is 0.0985. The Morgan fingerprint density at radius 3 is 2.56 bits per heavy atom. The molecule has 1 saturated heterocycles. The van der Waals surface area contributed by atoms with E-state index in [1.54, 1.807) is 0 Å². The number of thioether (sulfide) groups is 1. The third kappa shape index (κ3) is 4.24. The molecule has 0 radical (unpaired) electrons. The maximum absolute atomic E-state index is 14.4. The number of ether oxygens (including phenoxy) is 1. The first-order valence-corrected chi connectivity index (χ1v) is 11.7. The number of benzene rings is 2. The third-order valence-corrected chi connectivity index (χ3v) is 7.59. The van der Waals surface area contributed by atoms with Gasteiger partial charge >= 0.3 is 0 Å². The van der Waals surface area contributed by atoms with Crippen molar-refractivity contribution >= 4 is 17.6 Å². The predicted molar refractivity (Wildman–Crippen MR) is 123 cm³/mol. The van der Waals surface area contributed by atoms with Crippen molar-refractivity contribution in [3.05, 3.63) is 71.4 Å². The standard InChI is InChI=1S/C25H25F2N3OS/c1-16-3-5-18(6-4-16)24-28-22(14-23(29-24)30-11-12-31-15-17(30)2)25(9-10-25)32-21-13-19(26)7-8-20(21)27/h3-8,13-14,17H,9-12,15H2,1-2H3. The number of morpholine rings is 1. The van der Waals surface area contributed by atoms with Crippen molar-refractivity contribution in [2.45, 2.75) is 42.4 Å². The van der Waals surface area contributed by atoms with Gasteiger partial charge in [-0.3, -0.25) is 0 Å². The molecule has 3 aromatic rings. The summed E-state index contributed by atoms with van der Waals surface area (Å²) >= 11 is 1.36. The molecule has 1 saturated carbocycles. The summed E-state index contributed by atoms with van der Waals surface area (Å²) in [5.74, 6) is 0.670. The molecule has 2 aromatic carbocycles. The van der Waals surface area contributed by atoms with Gasteiger partial charge in [0.25, 0.3) is 0 Å². The number of hydrogen-bond donors (Lipinski definition) is 0. The average Bonchev–Trinajstić information content (AvgIpc) is 3.57. The molecule has 2 heterocycles. The zero-order valence-electron chi connectivity index (χ0n) is 18.1. The minimum atomic E-state index is -0.435. The number of rotatable bonds is 5. The molecule has 1 unspecified atom stereocenters. The van der Waals surface area contributed by atoms with Gasteiger partial charge in [-0.2, -0.15) is 0 Å². The van der Waals surface area contributed by atoms with E-state index in [0.717, 1.165) is 42.5 Å². The van der Waals surface area contributed by atoms with Crippen LogP contribution >= 0.6 is 11.8 Å². The van der Waals surface area contributed by atoms with Crippen LogP contribution in [0.15, 0.2) is 53.4 Å². The maximum atomic E-state index is 14.4. The minimum absolute atomic E-state index is 0.195. The lowest BCUT2D eigenvalue weighted by Gasteiger charge is -2.34. The molecule has 1 aromatic heterocycles. The second-order valence-electron chi connectivity index (χ2n) is 8.59. The van der Waals surface area contributed by atoms with Crippen molar-refractivity contribution in [1.29, 1.82) is 0 Å². The quantitative estimate of drug-likeness (QED) is 0.493. The summed E-state index contributed by atoms with van der Waals surface area (Å²) in [5.41, 5.74) is 2.98.